The zero-order valence-corrected chi connectivity index (χ0v) is 8.77. The molecular weight excluding hydrogens is 188 g/mol. The molecule has 1 aromatic carbocycles. The number of hydrogen-bond acceptors (Lipinski definition) is 3. The molecule has 0 saturated heterocycles. The number of para-hydroxylation sites is 1. The van der Waals surface area contributed by atoms with Crippen molar-refractivity contribution in [2.75, 3.05) is 7.11 Å². The van der Waals surface area contributed by atoms with Gasteiger partial charge in [0.1, 0.15) is 0 Å². The molecule has 0 atom stereocenters. The Morgan fingerprint density at radius 3 is 2.73 bits per heavy atom. The lowest BCUT2D eigenvalue weighted by Crippen LogP contribution is -1.95. The third-order valence-electron chi connectivity index (χ3n) is 2.09. The first-order valence-corrected chi connectivity index (χ1v) is 4.78. The minimum absolute atomic E-state index is 0.619. The predicted octanol–water partition coefficient (Wildman–Crippen LogP) is 2.67. The first-order valence-electron chi connectivity index (χ1n) is 4.78. The van der Waals surface area contributed by atoms with Crippen LogP contribution in [0.25, 0.3) is 17.0 Å². The first-order chi connectivity index (χ1) is 7.35. The van der Waals surface area contributed by atoms with Crippen LogP contribution in [0, 0.1) is 0 Å². The molecule has 0 unspecified atom stereocenters. The number of ether oxygens (including phenoxy) is 1. The van der Waals surface area contributed by atoms with E-state index >= 15 is 0 Å². The van der Waals surface area contributed by atoms with E-state index in [0.717, 1.165) is 10.9 Å². The van der Waals surface area contributed by atoms with Gasteiger partial charge in [0.05, 0.1) is 18.0 Å². The van der Waals surface area contributed by atoms with Crippen LogP contribution in [-0.4, -0.2) is 17.1 Å². The van der Waals surface area contributed by atoms with Crippen molar-refractivity contribution in [1.82, 2.24) is 9.97 Å². The van der Waals surface area contributed by atoms with E-state index in [1.54, 1.807) is 7.11 Å². The number of fused-ring (bicyclic) bond motifs is 1. The highest BCUT2D eigenvalue weighted by atomic mass is 16.5. The molecule has 76 valence electrons. The van der Waals surface area contributed by atoms with E-state index in [1.807, 2.05) is 43.3 Å². The van der Waals surface area contributed by atoms with Gasteiger partial charge in [-0.15, -0.1) is 0 Å². The van der Waals surface area contributed by atoms with Crippen molar-refractivity contribution in [3.63, 3.8) is 0 Å². The van der Waals surface area contributed by atoms with Crippen LogP contribution >= 0.6 is 0 Å². The highest BCUT2D eigenvalue weighted by Gasteiger charge is 2.04. The maximum atomic E-state index is 5.23. The standard InChI is InChI=1S/C12H12N2O/c1-3-6-11-13-10-8-5-4-7-9(10)12(14-11)15-2/h3-8H,1-2H3. The Bertz CT molecular complexity index is 506. The topological polar surface area (TPSA) is 35.0 Å². The number of nitrogens with zero attached hydrogens (tertiary/aromatic N) is 2. The van der Waals surface area contributed by atoms with Crippen LogP contribution in [0.2, 0.25) is 0 Å². The van der Waals surface area contributed by atoms with Gasteiger partial charge in [0.2, 0.25) is 5.88 Å². The van der Waals surface area contributed by atoms with Crippen molar-refractivity contribution in [1.29, 1.82) is 0 Å². The molecule has 0 saturated carbocycles. The zero-order valence-electron chi connectivity index (χ0n) is 8.77. The minimum atomic E-state index is 0.619. The van der Waals surface area contributed by atoms with Gasteiger partial charge in [-0.2, -0.15) is 4.98 Å². The van der Waals surface area contributed by atoms with Gasteiger partial charge < -0.3 is 4.74 Å². The van der Waals surface area contributed by atoms with Crippen molar-refractivity contribution in [3.8, 4) is 5.88 Å². The summed E-state index contributed by atoms with van der Waals surface area (Å²) in [6, 6.07) is 7.80. The first kappa shape index (κ1) is 9.65. The normalized spacial score (nSPS) is 11.1. The molecule has 0 aliphatic carbocycles. The maximum absolute atomic E-state index is 5.23. The Labute approximate surface area is 88.4 Å². The minimum Gasteiger partial charge on any atom is -0.480 e. The van der Waals surface area contributed by atoms with E-state index < -0.39 is 0 Å². The van der Waals surface area contributed by atoms with Gasteiger partial charge in [-0.3, -0.25) is 0 Å². The molecule has 0 N–H and O–H groups in total. The fourth-order valence-corrected chi connectivity index (χ4v) is 1.44. The molecule has 0 bridgehead atoms. The van der Waals surface area contributed by atoms with Crippen LogP contribution in [0.4, 0.5) is 0 Å². The van der Waals surface area contributed by atoms with Crippen LogP contribution in [0.15, 0.2) is 30.3 Å². The van der Waals surface area contributed by atoms with E-state index in [1.165, 1.54) is 0 Å². The summed E-state index contributed by atoms with van der Waals surface area (Å²) < 4.78 is 5.23. The number of hydrogen-bond donors (Lipinski definition) is 0. The summed E-state index contributed by atoms with van der Waals surface area (Å²) in [5.74, 6) is 1.29. The molecule has 2 rings (SSSR count). The summed E-state index contributed by atoms with van der Waals surface area (Å²) in [5.41, 5.74) is 0.900. The number of benzene rings is 1. The van der Waals surface area contributed by atoms with E-state index in [4.69, 9.17) is 4.74 Å². The Balaban J connectivity index is 2.71. The number of aromatic nitrogens is 2. The molecule has 0 aliphatic rings. The third-order valence-corrected chi connectivity index (χ3v) is 2.09. The van der Waals surface area contributed by atoms with Gasteiger partial charge in [0.15, 0.2) is 5.82 Å². The second-order valence-electron chi connectivity index (χ2n) is 3.11. The van der Waals surface area contributed by atoms with Crippen molar-refractivity contribution in [2.24, 2.45) is 0 Å². The van der Waals surface area contributed by atoms with Crippen molar-refractivity contribution >= 4 is 17.0 Å². The molecule has 0 spiro atoms. The van der Waals surface area contributed by atoms with Gasteiger partial charge in [0.25, 0.3) is 0 Å². The van der Waals surface area contributed by atoms with Crippen LogP contribution < -0.4 is 4.74 Å². The van der Waals surface area contributed by atoms with Gasteiger partial charge in [-0.05, 0) is 25.1 Å². The van der Waals surface area contributed by atoms with Crippen LogP contribution in [-0.2, 0) is 0 Å². The molecule has 0 radical (unpaired) electrons. The summed E-state index contributed by atoms with van der Waals surface area (Å²) in [4.78, 5) is 8.68. The highest BCUT2D eigenvalue weighted by molar-refractivity contribution is 5.83. The van der Waals surface area contributed by atoms with Crippen LogP contribution in [0.5, 0.6) is 5.88 Å². The summed E-state index contributed by atoms with van der Waals surface area (Å²) in [6.45, 7) is 1.94. The largest absolute Gasteiger partial charge is 0.480 e. The molecular formula is C12H12N2O. The Morgan fingerprint density at radius 2 is 2.00 bits per heavy atom. The number of rotatable bonds is 2. The molecule has 3 heteroatoms. The molecule has 3 nitrogen and oxygen atoms in total. The smallest absolute Gasteiger partial charge is 0.224 e. The van der Waals surface area contributed by atoms with E-state index in [9.17, 15) is 0 Å². The van der Waals surface area contributed by atoms with Crippen LogP contribution in [0.3, 0.4) is 0 Å². The van der Waals surface area contributed by atoms with Crippen LogP contribution in [0.1, 0.15) is 12.7 Å². The van der Waals surface area contributed by atoms with Gasteiger partial charge >= 0.3 is 0 Å². The van der Waals surface area contributed by atoms with E-state index in [-0.39, 0.29) is 0 Å². The Hall–Kier alpha value is -1.90. The molecule has 0 fully saturated rings. The van der Waals surface area contributed by atoms with E-state index in [2.05, 4.69) is 9.97 Å². The van der Waals surface area contributed by atoms with Gasteiger partial charge in [0, 0.05) is 0 Å². The lowest BCUT2D eigenvalue weighted by Gasteiger charge is -2.04. The molecule has 0 amide bonds. The average Bonchev–Trinajstić information content (AvgIpc) is 2.28. The molecule has 1 heterocycles. The second-order valence-corrected chi connectivity index (χ2v) is 3.11. The van der Waals surface area contributed by atoms with Crippen molar-refractivity contribution < 1.29 is 4.74 Å². The summed E-state index contributed by atoms with van der Waals surface area (Å²) in [7, 11) is 1.62. The Morgan fingerprint density at radius 1 is 1.20 bits per heavy atom. The summed E-state index contributed by atoms with van der Waals surface area (Å²) in [6.07, 6.45) is 3.76. The highest BCUT2D eigenvalue weighted by Crippen LogP contribution is 2.21. The molecule has 15 heavy (non-hydrogen) atoms. The lowest BCUT2D eigenvalue weighted by atomic mass is 10.2. The van der Waals surface area contributed by atoms with Gasteiger partial charge in [-0.25, -0.2) is 4.98 Å². The number of methoxy groups -OCH3 is 1. The maximum Gasteiger partial charge on any atom is 0.224 e. The fourth-order valence-electron chi connectivity index (χ4n) is 1.44. The zero-order chi connectivity index (χ0) is 10.7. The molecule has 0 aliphatic heterocycles. The average molecular weight is 200 g/mol. The quantitative estimate of drug-likeness (QED) is 0.747. The lowest BCUT2D eigenvalue weighted by molar-refractivity contribution is 0.402. The van der Waals surface area contributed by atoms with Crippen molar-refractivity contribution in [3.05, 3.63) is 36.2 Å². The summed E-state index contributed by atoms with van der Waals surface area (Å²) >= 11 is 0. The summed E-state index contributed by atoms with van der Waals surface area (Å²) in [5, 5.41) is 0.938. The Kier molecular flexibility index (Phi) is 2.63. The third kappa shape index (κ3) is 1.81. The van der Waals surface area contributed by atoms with E-state index in [0.29, 0.717) is 11.7 Å². The fraction of sp³-hybridized carbons (Fsp3) is 0.167. The second kappa shape index (κ2) is 4.09. The monoisotopic (exact) mass is 200 g/mol. The molecule has 2 aromatic rings. The predicted molar refractivity (Wildman–Crippen MR) is 60.8 cm³/mol. The van der Waals surface area contributed by atoms with Gasteiger partial charge in [-0.1, -0.05) is 18.2 Å². The SMILES string of the molecule is CC=Cc1nc(OC)c2ccccc2n1. The van der Waals surface area contributed by atoms with Crippen molar-refractivity contribution in [2.45, 2.75) is 6.92 Å². The molecule has 1 aromatic heterocycles. The number of allylic oxidation sites excluding steroid dienone is 1.